The molecule has 1 atom stereocenters. The molecule has 1 aliphatic rings. The van der Waals surface area contributed by atoms with E-state index in [1.807, 2.05) is 6.92 Å². The van der Waals surface area contributed by atoms with Crippen LogP contribution in [0, 0.1) is 5.92 Å². The van der Waals surface area contributed by atoms with E-state index in [1.54, 1.807) is 23.1 Å². The normalized spacial score (nSPS) is 17.4. The van der Waals surface area contributed by atoms with E-state index in [1.165, 1.54) is 18.3 Å². The number of halogens is 3. The van der Waals surface area contributed by atoms with Crippen molar-refractivity contribution < 1.29 is 22.8 Å². The van der Waals surface area contributed by atoms with E-state index >= 15 is 0 Å². The van der Waals surface area contributed by atoms with Gasteiger partial charge in [0.25, 0.3) is 0 Å². The Kier molecular flexibility index (Phi) is 5.95. The molecule has 6 nitrogen and oxygen atoms in total. The van der Waals surface area contributed by atoms with E-state index in [0.29, 0.717) is 17.8 Å². The van der Waals surface area contributed by atoms with Gasteiger partial charge in [-0.1, -0.05) is 19.1 Å². The van der Waals surface area contributed by atoms with Crippen molar-refractivity contribution in [1.82, 2.24) is 15.1 Å². The highest BCUT2D eigenvalue weighted by atomic mass is 19.4. The van der Waals surface area contributed by atoms with Crippen LogP contribution in [0.15, 0.2) is 59.6 Å². The van der Waals surface area contributed by atoms with Gasteiger partial charge in [-0.15, -0.1) is 0 Å². The van der Waals surface area contributed by atoms with Gasteiger partial charge in [0.05, 0.1) is 18.2 Å². The summed E-state index contributed by atoms with van der Waals surface area (Å²) in [5, 5.41) is 6.67. The molecule has 1 unspecified atom stereocenters. The number of Topliss-reactive ketones (excluding diaryl/α,β-unsaturated/α-hetero) is 1. The fourth-order valence-corrected chi connectivity index (χ4v) is 3.00. The first-order chi connectivity index (χ1) is 13.8. The number of nitrogens with zero attached hydrogens (tertiary/aromatic N) is 3. The van der Waals surface area contributed by atoms with Crippen LogP contribution in [-0.2, 0) is 22.2 Å². The Labute approximate surface area is 165 Å². The molecule has 29 heavy (non-hydrogen) atoms. The molecular formula is C20H19F3N4O2. The lowest BCUT2D eigenvalue weighted by molar-refractivity contribution is -0.137. The van der Waals surface area contributed by atoms with Gasteiger partial charge in [-0.2, -0.15) is 18.3 Å². The van der Waals surface area contributed by atoms with Gasteiger partial charge in [0.2, 0.25) is 5.91 Å². The fourth-order valence-electron chi connectivity index (χ4n) is 3.00. The number of allylic oxidation sites excluding steroid dienone is 1. The zero-order chi connectivity index (χ0) is 21.0. The molecule has 1 amide bonds. The minimum atomic E-state index is -4.43. The van der Waals surface area contributed by atoms with Gasteiger partial charge in [0.1, 0.15) is 11.5 Å². The van der Waals surface area contributed by atoms with Crippen molar-refractivity contribution in [2.24, 2.45) is 10.9 Å². The minimum Gasteiger partial charge on any atom is -0.322 e. The van der Waals surface area contributed by atoms with E-state index in [9.17, 15) is 22.8 Å². The largest absolute Gasteiger partial charge is 0.416 e. The third-order valence-electron chi connectivity index (χ3n) is 4.58. The van der Waals surface area contributed by atoms with Gasteiger partial charge in [0, 0.05) is 24.7 Å². The van der Waals surface area contributed by atoms with Crippen LogP contribution >= 0.6 is 0 Å². The van der Waals surface area contributed by atoms with Crippen LogP contribution in [0.25, 0.3) is 0 Å². The molecule has 2 heterocycles. The zero-order valence-corrected chi connectivity index (χ0v) is 15.6. The molecule has 3 rings (SSSR count). The molecule has 0 saturated heterocycles. The third-order valence-corrected chi connectivity index (χ3v) is 4.58. The van der Waals surface area contributed by atoms with Gasteiger partial charge in [-0.05, 0) is 30.2 Å². The molecule has 0 fully saturated rings. The average molecular weight is 404 g/mol. The monoisotopic (exact) mass is 404 g/mol. The molecule has 1 aromatic heterocycles. The summed E-state index contributed by atoms with van der Waals surface area (Å²) < 4.78 is 39.5. The number of nitrogens with one attached hydrogen (secondary N) is 1. The molecular weight excluding hydrogens is 385 g/mol. The van der Waals surface area contributed by atoms with Crippen LogP contribution in [0.3, 0.4) is 0 Å². The maximum atomic E-state index is 12.6. The lowest BCUT2D eigenvalue weighted by atomic mass is 9.97. The zero-order valence-electron chi connectivity index (χ0n) is 15.6. The summed E-state index contributed by atoms with van der Waals surface area (Å²) in [6, 6.07) is 6.08. The topological polar surface area (TPSA) is 76.3 Å². The number of amides is 1. The molecule has 2 aromatic rings. The van der Waals surface area contributed by atoms with Gasteiger partial charge in [-0.25, -0.2) is 9.67 Å². The molecule has 0 spiro atoms. The molecule has 9 heteroatoms. The molecule has 0 saturated carbocycles. The number of alkyl halides is 3. The van der Waals surface area contributed by atoms with Crippen molar-refractivity contribution in [3.63, 3.8) is 0 Å². The number of hydrogen-bond donors (Lipinski definition) is 1. The van der Waals surface area contributed by atoms with E-state index in [2.05, 4.69) is 15.4 Å². The van der Waals surface area contributed by atoms with E-state index in [0.717, 1.165) is 12.1 Å². The predicted molar refractivity (Wildman–Crippen MR) is 99.8 cm³/mol. The summed E-state index contributed by atoms with van der Waals surface area (Å²) in [4.78, 5) is 29.2. The Morgan fingerprint density at radius 1 is 1.28 bits per heavy atom. The Hall–Kier alpha value is -3.23. The van der Waals surface area contributed by atoms with Crippen molar-refractivity contribution in [3.8, 4) is 0 Å². The van der Waals surface area contributed by atoms with Crippen LogP contribution in [0.4, 0.5) is 13.2 Å². The molecule has 152 valence electrons. The summed E-state index contributed by atoms with van der Waals surface area (Å²) in [6.07, 6.45) is 0.896. The van der Waals surface area contributed by atoms with E-state index in [4.69, 9.17) is 0 Å². The van der Waals surface area contributed by atoms with Crippen LogP contribution < -0.4 is 5.32 Å². The number of benzene rings is 1. The highest BCUT2D eigenvalue weighted by Gasteiger charge is 2.30. The Morgan fingerprint density at radius 2 is 2.00 bits per heavy atom. The van der Waals surface area contributed by atoms with Crippen molar-refractivity contribution in [3.05, 3.63) is 65.7 Å². The van der Waals surface area contributed by atoms with Gasteiger partial charge in [-0.3, -0.25) is 9.59 Å². The second-order valence-electron chi connectivity index (χ2n) is 6.63. The van der Waals surface area contributed by atoms with Crippen LogP contribution in [0.5, 0.6) is 0 Å². The van der Waals surface area contributed by atoms with E-state index < -0.39 is 17.6 Å². The molecule has 0 bridgehead atoms. The third kappa shape index (κ3) is 4.98. The first kappa shape index (κ1) is 20.5. The van der Waals surface area contributed by atoms with Crippen molar-refractivity contribution >= 4 is 17.5 Å². The first-order valence-electron chi connectivity index (χ1n) is 9.05. The highest BCUT2D eigenvalue weighted by molar-refractivity contribution is 6.03. The lowest BCUT2D eigenvalue weighted by Crippen LogP contribution is -2.30. The standard InChI is InChI=1S/C20H19F3N4O2/c1-2-14-11-17(28)16(12-24-19(14)27-9-3-8-25-27)26-18(29)10-13-4-6-15(7-5-13)20(21,22)23/h3-9,12,14H,2,10-11H2,1H3,(H,26,29). The number of carbonyl (C=O) groups is 2. The summed E-state index contributed by atoms with van der Waals surface area (Å²) in [5.41, 5.74) is -0.318. The van der Waals surface area contributed by atoms with Crippen molar-refractivity contribution in [1.29, 1.82) is 0 Å². The van der Waals surface area contributed by atoms with E-state index in [-0.39, 0.29) is 30.2 Å². The number of aromatic nitrogens is 2. The predicted octanol–water partition coefficient (Wildman–Crippen LogP) is 3.35. The highest BCUT2D eigenvalue weighted by Crippen LogP contribution is 2.29. The number of hydrogen-bond acceptors (Lipinski definition) is 4. The SMILES string of the molecule is CCC1CC(=O)C(NC(=O)Cc2ccc(C(F)(F)F)cc2)=CN=C1n1cccn1. The molecule has 1 N–H and O–H groups in total. The van der Waals surface area contributed by atoms with Crippen LogP contribution in [-0.4, -0.2) is 27.3 Å². The number of ketones is 1. The van der Waals surface area contributed by atoms with Crippen molar-refractivity contribution in [2.45, 2.75) is 32.4 Å². The second-order valence-corrected chi connectivity index (χ2v) is 6.63. The van der Waals surface area contributed by atoms with Gasteiger partial charge >= 0.3 is 6.18 Å². The van der Waals surface area contributed by atoms with Crippen LogP contribution in [0.2, 0.25) is 0 Å². The first-order valence-corrected chi connectivity index (χ1v) is 9.05. The Balaban J connectivity index is 1.71. The maximum Gasteiger partial charge on any atom is 0.416 e. The van der Waals surface area contributed by atoms with Gasteiger partial charge in [0.15, 0.2) is 5.78 Å². The molecule has 0 radical (unpaired) electrons. The lowest BCUT2D eigenvalue weighted by Gasteiger charge is -2.15. The Morgan fingerprint density at radius 3 is 2.59 bits per heavy atom. The second kappa shape index (κ2) is 8.42. The average Bonchev–Trinajstić information content (AvgIpc) is 3.15. The molecule has 1 aromatic carbocycles. The smallest absolute Gasteiger partial charge is 0.322 e. The van der Waals surface area contributed by atoms with Gasteiger partial charge < -0.3 is 5.32 Å². The molecule has 0 aliphatic carbocycles. The van der Waals surface area contributed by atoms with Crippen LogP contribution in [0.1, 0.15) is 30.9 Å². The molecule has 1 aliphatic heterocycles. The quantitative estimate of drug-likeness (QED) is 0.849. The fraction of sp³-hybridized carbons (Fsp3) is 0.300. The summed E-state index contributed by atoms with van der Waals surface area (Å²) in [6.45, 7) is 1.94. The Bertz CT molecular complexity index is 945. The maximum absolute atomic E-state index is 12.6. The summed E-state index contributed by atoms with van der Waals surface area (Å²) in [7, 11) is 0. The minimum absolute atomic E-state index is 0.0579. The number of carbonyl (C=O) groups excluding carboxylic acids is 2. The number of aliphatic imine (C=N–C) groups is 1. The van der Waals surface area contributed by atoms with Crippen molar-refractivity contribution in [2.75, 3.05) is 0 Å². The summed E-state index contributed by atoms with van der Waals surface area (Å²) in [5.74, 6) is -0.306. The summed E-state index contributed by atoms with van der Waals surface area (Å²) >= 11 is 0. The number of rotatable bonds is 4.